The number of nitrogens with one attached hydrogen (secondary N) is 1. The molecule has 1 aromatic rings. The number of hydrogen-bond acceptors (Lipinski definition) is 2. The van der Waals surface area contributed by atoms with Gasteiger partial charge in [-0.15, -0.1) is 0 Å². The predicted octanol–water partition coefficient (Wildman–Crippen LogP) is 3.77. The van der Waals surface area contributed by atoms with Gasteiger partial charge >= 0.3 is 6.61 Å². The second kappa shape index (κ2) is 6.85. The molecule has 3 nitrogen and oxygen atoms in total. The lowest BCUT2D eigenvalue weighted by Gasteiger charge is -2.28. The highest BCUT2D eigenvalue weighted by Crippen LogP contribution is 2.49. The molecule has 23 heavy (non-hydrogen) atoms. The van der Waals surface area contributed by atoms with Crippen molar-refractivity contribution in [3.05, 3.63) is 29.8 Å². The maximum absolute atomic E-state index is 12.2. The zero-order chi connectivity index (χ0) is 16.4. The number of alkyl halides is 2. The second-order valence-electron chi connectivity index (χ2n) is 6.89. The topological polar surface area (TPSA) is 38.3 Å². The monoisotopic (exact) mass is 323 g/mol. The number of rotatable bonds is 6. The minimum atomic E-state index is -2.83. The van der Waals surface area contributed by atoms with Gasteiger partial charge in [0.25, 0.3) is 0 Å². The lowest BCUT2D eigenvalue weighted by Crippen LogP contribution is -2.40. The Morgan fingerprint density at radius 2 is 2.00 bits per heavy atom. The first kappa shape index (κ1) is 16.2. The van der Waals surface area contributed by atoms with E-state index in [9.17, 15) is 13.6 Å². The summed E-state index contributed by atoms with van der Waals surface area (Å²) in [5, 5.41) is 3.11. The zero-order valence-corrected chi connectivity index (χ0v) is 13.3. The quantitative estimate of drug-likeness (QED) is 0.865. The second-order valence-corrected chi connectivity index (χ2v) is 6.89. The first-order chi connectivity index (χ1) is 11.0. The summed E-state index contributed by atoms with van der Waals surface area (Å²) in [7, 11) is 0. The molecule has 2 aliphatic rings. The van der Waals surface area contributed by atoms with Crippen LogP contribution in [0.4, 0.5) is 8.78 Å². The molecule has 0 spiro atoms. The predicted molar refractivity (Wildman–Crippen MR) is 83.3 cm³/mol. The molecule has 2 aliphatic carbocycles. The molecular formula is C18H23F2NO2. The Morgan fingerprint density at radius 3 is 2.57 bits per heavy atom. The van der Waals surface area contributed by atoms with E-state index in [1.54, 1.807) is 12.1 Å². The Labute approximate surface area is 135 Å². The lowest BCUT2D eigenvalue weighted by atomic mass is 9.84. The molecule has 4 atom stereocenters. The fourth-order valence-corrected chi connectivity index (χ4v) is 4.29. The van der Waals surface area contributed by atoms with Crippen LogP contribution in [0.15, 0.2) is 24.3 Å². The van der Waals surface area contributed by atoms with Gasteiger partial charge < -0.3 is 10.1 Å². The van der Waals surface area contributed by atoms with E-state index in [-0.39, 0.29) is 24.1 Å². The molecule has 1 amide bonds. The number of ether oxygens (including phenoxy) is 1. The number of fused-ring (bicyclic) bond motifs is 2. The summed E-state index contributed by atoms with van der Waals surface area (Å²) in [4.78, 5) is 12.2. The summed E-state index contributed by atoms with van der Waals surface area (Å²) >= 11 is 0. The summed E-state index contributed by atoms with van der Waals surface area (Å²) in [5.41, 5.74) is 0.796. The van der Waals surface area contributed by atoms with Crippen LogP contribution >= 0.6 is 0 Å². The Bertz CT molecular complexity index is 546. The van der Waals surface area contributed by atoms with Crippen LogP contribution in [-0.4, -0.2) is 18.6 Å². The maximum Gasteiger partial charge on any atom is 0.387 e. The summed E-state index contributed by atoms with van der Waals surface area (Å²) in [6.07, 6.45) is 5.50. The van der Waals surface area contributed by atoms with Crippen molar-refractivity contribution in [2.24, 2.45) is 17.8 Å². The van der Waals surface area contributed by atoms with Crippen molar-refractivity contribution in [1.29, 1.82) is 0 Å². The Hall–Kier alpha value is -1.65. The van der Waals surface area contributed by atoms with Gasteiger partial charge in [0, 0.05) is 6.04 Å². The van der Waals surface area contributed by atoms with E-state index in [2.05, 4.69) is 17.0 Å². The van der Waals surface area contributed by atoms with Crippen molar-refractivity contribution in [3.63, 3.8) is 0 Å². The largest absolute Gasteiger partial charge is 0.435 e. The number of carbonyl (C=O) groups excluding carboxylic acids is 1. The highest BCUT2D eigenvalue weighted by atomic mass is 19.3. The Morgan fingerprint density at radius 1 is 1.26 bits per heavy atom. The smallest absolute Gasteiger partial charge is 0.387 e. The molecular weight excluding hydrogens is 300 g/mol. The molecule has 0 aliphatic heterocycles. The van der Waals surface area contributed by atoms with E-state index in [4.69, 9.17) is 0 Å². The van der Waals surface area contributed by atoms with Gasteiger partial charge in [0.2, 0.25) is 5.91 Å². The summed E-state index contributed by atoms with van der Waals surface area (Å²) in [6.45, 7) is -0.727. The summed E-state index contributed by atoms with van der Waals surface area (Å²) in [6, 6.07) is 6.44. The molecule has 0 heterocycles. The van der Waals surface area contributed by atoms with E-state index in [0.29, 0.717) is 5.92 Å². The van der Waals surface area contributed by atoms with E-state index < -0.39 is 6.61 Å². The van der Waals surface area contributed by atoms with Crippen LogP contribution in [-0.2, 0) is 11.2 Å². The zero-order valence-electron chi connectivity index (χ0n) is 13.3. The van der Waals surface area contributed by atoms with Crippen molar-refractivity contribution in [3.8, 4) is 5.75 Å². The van der Waals surface area contributed by atoms with Crippen LogP contribution in [0.1, 0.15) is 38.2 Å². The minimum Gasteiger partial charge on any atom is -0.435 e. The van der Waals surface area contributed by atoms with Gasteiger partial charge in [0.15, 0.2) is 0 Å². The van der Waals surface area contributed by atoms with Gasteiger partial charge in [-0.1, -0.05) is 18.6 Å². The molecule has 2 fully saturated rings. The summed E-state index contributed by atoms with van der Waals surface area (Å²) < 4.78 is 28.5. The first-order valence-electron chi connectivity index (χ1n) is 8.34. The third-order valence-electron chi connectivity index (χ3n) is 5.34. The van der Waals surface area contributed by atoms with Gasteiger partial charge in [-0.2, -0.15) is 8.78 Å². The number of benzene rings is 1. The van der Waals surface area contributed by atoms with Gasteiger partial charge in [-0.05, 0) is 61.6 Å². The SMILES string of the molecule is CC(NC(=O)Cc1ccc(OC(F)F)cc1)C1CC2CCC1C2. The molecule has 3 rings (SSSR count). The molecule has 0 saturated heterocycles. The van der Waals surface area contributed by atoms with E-state index in [1.165, 1.54) is 37.8 Å². The van der Waals surface area contributed by atoms with Crippen LogP contribution in [0, 0.1) is 17.8 Å². The van der Waals surface area contributed by atoms with E-state index in [0.717, 1.165) is 17.4 Å². The molecule has 126 valence electrons. The highest BCUT2D eigenvalue weighted by molar-refractivity contribution is 5.78. The molecule has 2 saturated carbocycles. The molecule has 5 heteroatoms. The summed E-state index contributed by atoms with van der Waals surface area (Å²) in [5.74, 6) is 2.36. The average molecular weight is 323 g/mol. The lowest BCUT2D eigenvalue weighted by molar-refractivity contribution is -0.121. The van der Waals surface area contributed by atoms with Crippen LogP contribution in [0.3, 0.4) is 0 Å². The van der Waals surface area contributed by atoms with Crippen molar-refractivity contribution in [1.82, 2.24) is 5.32 Å². The van der Waals surface area contributed by atoms with Gasteiger partial charge in [0.05, 0.1) is 6.42 Å². The molecule has 1 N–H and O–H groups in total. The number of hydrogen-bond donors (Lipinski definition) is 1. The maximum atomic E-state index is 12.2. The van der Waals surface area contributed by atoms with E-state index in [1.807, 2.05) is 0 Å². The highest BCUT2D eigenvalue weighted by Gasteiger charge is 2.42. The van der Waals surface area contributed by atoms with E-state index >= 15 is 0 Å². The fourth-order valence-electron chi connectivity index (χ4n) is 4.29. The van der Waals surface area contributed by atoms with Crippen LogP contribution in [0.25, 0.3) is 0 Å². The number of carbonyl (C=O) groups is 1. The van der Waals surface area contributed by atoms with Crippen LogP contribution in [0.5, 0.6) is 5.75 Å². The number of halogens is 2. The average Bonchev–Trinajstić information content (AvgIpc) is 3.11. The van der Waals surface area contributed by atoms with Crippen molar-refractivity contribution in [2.45, 2.75) is 51.7 Å². The van der Waals surface area contributed by atoms with Crippen molar-refractivity contribution >= 4 is 5.91 Å². The molecule has 2 bridgehead atoms. The van der Waals surface area contributed by atoms with Gasteiger partial charge in [0.1, 0.15) is 5.75 Å². The van der Waals surface area contributed by atoms with Crippen molar-refractivity contribution < 1.29 is 18.3 Å². The standard InChI is InChI=1S/C18H23F2NO2/c1-11(16-9-13-2-5-14(16)8-13)21-17(22)10-12-3-6-15(7-4-12)23-18(19)20/h3-4,6-7,11,13-14,16,18H,2,5,8-10H2,1H3,(H,21,22). The molecule has 0 aromatic heterocycles. The molecule has 1 aromatic carbocycles. The number of amides is 1. The Kier molecular flexibility index (Phi) is 4.83. The molecule has 0 radical (unpaired) electrons. The molecule has 4 unspecified atom stereocenters. The van der Waals surface area contributed by atoms with Crippen molar-refractivity contribution in [2.75, 3.05) is 0 Å². The first-order valence-corrected chi connectivity index (χ1v) is 8.34. The Balaban J connectivity index is 1.49. The van der Waals surface area contributed by atoms with Crippen LogP contribution in [0.2, 0.25) is 0 Å². The normalized spacial score (nSPS) is 27.2. The third-order valence-corrected chi connectivity index (χ3v) is 5.34. The van der Waals surface area contributed by atoms with Crippen LogP contribution < -0.4 is 10.1 Å². The van der Waals surface area contributed by atoms with Gasteiger partial charge in [-0.25, -0.2) is 0 Å². The minimum absolute atomic E-state index is 0.0113. The fraction of sp³-hybridized carbons (Fsp3) is 0.611. The van der Waals surface area contributed by atoms with Gasteiger partial charge in [-0.3, -0.25) is 4.79 Å². The third kappa shape index (κ3) is 4.01.